The zero-order chi connectivity index (χ0) is 21.7. The molecule has 0 atom stereocenters. The molecular weight excluding hydrogens is 392 g/mol. The smallest absolute Gasteiger partial charge is 0.237 e. The van der Waals surface area contributed by atoms with Crippen molar-refractivity contribution in [1.82, 2.24) is 9.88 Å². The van der Waals surface area contributed by atoms with Gasteiger partial charge in [0.25, 0.3) is 0 Å². The monoisotopic (exact) mass is 415 g/mol. The predicted octanol–water partition coefficient (Wildman–Crippen LogP) is 2.83. The summed E-state index contributed by atoms with van der Waals surface area (Å²) in [5.74, 6) is -1.07. The summed E-state index contributed by atoms with van der Waals surface area (Å²) >= 11 is 0. The van der Waals surface area contributed by atoms with Crippen LogP contribution in [0.2, 0.25) is 0 Å². The van der Waals surface area contributed by atoms with E-state index in [1.165, 1.54) is 6.07 Å². The summed E-state index contributed by atoms with van der Waals surface area (Å²) in [6, 6.07) is 6.40. The molecule has 0 spiro atoms. The van der Waals surface area contributed by atoms with Crippen LogP contribution < -0.4 is 10.2 Å². The van der Waals surface area contributed by atoms with Crippen molar-refractivity contribution >= 4 is 35.3 Å². The maximum Gasteiger partial charge on any atom is 0.237 e. The van der Waals surface area contributed by atoms with Crippen LogP contribution >= 0.6 is 0 Å². The summed E-state index contributed by atoms with van der Waals surface area (Å²) in [5.41, 5.74) is 1.81. The number of aliphatic imine (C=N–C) groups is 1. The van der Waals surface area contributed by atoms with Crippen molar-refractivity contribution < 1.29 is 18.4 Å². The number of pyridine rings is 1. The molecule has 7 nitrogen and oxygen atoms in total. The van der Waals surface area contributed by atoms with E-state index in [4.69, 9.17) is 0 Å². The number of anilines is 2. The number of carbonyl (C=O) groups is 2. The van der Waals surface area contributed by atoms with Crippen LogP contribution in [0.1, 0.15) is 23.0 Å². The lowest BCUT2D eigenvalue weighted by Gasteiger charge is -2.36. The average Bonchev–Trinajstić information content (AvgIpc) is 2.76. The van der Waals surface area contributed by atoms with Gasteiger partial charge >= 0.3 is 0 Å². The molecule has 1 saturated heterocycles. The van der Waals surface area contributed by atoms with Gasteiger partial charge in [-0.1, -0.05) is 6.07 Å². The fraction of sp³-hybridized carbons (Fsp3) is 0.333. The van der Waals surface area contributed by atoms with E-state index in [2.05, 4.69) is 20.2 Å². The second kappa shape index (κ2) is 9.53. The Labute approximate surface area is 173 Å². The second-order valence-corrected chi connectivity index (χ2v) is 6.98. The van der Waals surface area contributed by atoms with E-state index in [0.29, 0.717) is 62.2 Å². The number of aromatic nitrogens is 1. The molecule has 1 fully saturated rings. The highest BCUT2D eigenvalue weighted by Gasteiger charge is 2.22. The molecule has 30 heavy (non-hydrogen) atoms. The SMILES string of the molecule is CNc1c(N=C(C)C=O)ccc(CN2CCN(c3ccc(C=O)nc3F)CC2)c1F. The summed E-state index contributed by atoms with van der Waals surface area (Å²) in [6.07, 6.45) is 1.13. The first kappa shape index (κ1) is 21.5. The van der Waals surface area contributed by atoms with Crippen molar-refractivity contribution in [1.29, 1.82) is 0 Å². The third-order valence-electron chi connectivity index (χ3n) is 5.00. The number of benzene rings is 1. The number of hydrogen-bond donors (Lipinski definition) is 1. The van der Waals surface area contributed by atoms with Gasteiger partial charge in [-0.3, -0.25) is 14.5 Å². The van der Waals surface area contributed by atoms with E-state index in [1.807, 2.05) is 4.90 Å². The van der Waals surface area contributed by atoms with Gasteiger partial charge < -0.3 is 10.2 Å². The molecule has 0 amide bonds. The third-order valence-corrected chi connectivity index (χ3v) is 5.00. The molecule has 1 aromatic carbocycles. The normalized spacial score (nSPS) is 15.2. The second-order valence-electron chi connectivity index (χ2n) is 6.98. The first-order valence-electron chi connectivity index (χ1n) is 9.55. The minimum absolute atomic E-state index is 0.0572. The molecule has 0 aliphatic carbocycles. The van der Waals surface area contributed by atoms with Crippen LogP contribution in [0.5, 0.6) is 0 Å². The molecule has 2 aromatic rings. The van der Waals surface area contributed by atoms with E-state index >= 15 is 0 Å². The minimum Gasteiger partial charge on any atom is -0.384 e. The van der Waals surface area contributed by atoms with Gasteiger partial charge in [0.05, 0.1) is 22.8 Å². The molecule has 0 bridgehead atoms. The zero-order valence-electron chi connectivity index (χ0n) is 16.9. The maximum absolute atomic E-state index is 15.0. The molecule has 158 valence electrons. The Hall–Kier alpha value is -3.20. The number of rotatable bonds is 7. The van der Waals surface area contributed by atoms with Gasteiger partial charge in [-0.05, 0) is 25.1 Å². The highest BCUT2D eigenvalue weighted by atomic mass is 19.1. The van der Waals surface area contributed by atoms with Gasteiger partial charge in [-0.15, -0.1) is 0 Å². The Kier molecular flexibility index (Phi) is 6.83. The Morgan fingerprint density at radius 1 is 1.17 bits per heavy atom. The molecule has 1 aromatic heterocycles. The van der Waals surface area contributed by atoms with Crippen molar-refractivity contribution in [2.24, 2.45) is 4.99 Å². The molecule has 0 saturated carbocycles. The lowest BCUT2D eigenvalue weighted by Crippen LogP contribution is -2.46. The quantitative estimate of drug-likeness (QED) is 0.426. The van der Waals surface area contributed by atoms with Crippen molar-refractivity contribution in [3.05, 3.63) is 47.3 Å². The van der Waals surface area contributed by atoms with Crippen LogP contribution in [0, 0.1) is 11.8 Å². The van der Waals surface area contributed by atoms with E-state index < -0.39 is 11.8 Å². The Morgan fingerprint density at radius 2 is 1.90 bits per heavy atom. The third kappa shape index (κ3) is 4.68. The van der Waals surface area contributed by atoms with E-state index in [-0.39, 0.29) is 17.1 Å². The van der Waals surface area contributed by atoms with Crippen LogP contribution in [-0.2, 0) is 11.3 Å². The largest absolute Gasteiger partial charge is 0.384 e. The first-order chi connectivity index (χ1) is 14.5. The Morgan fingerprint density at radius 3 is 2.50 bits per heavy atom. The fourth-order valence-corrected chi connectivity index (χ4v) is 3.41. The molecule has 1 aliphatic heterocycles. The van der Waals surface area contributed by atoms with Gasteiger partial charge in [0.15, 0.2) is 18.4 Å². The number of carbonyl (C=O) groups excluding carboxylic acids is 2. The van der Waals surface area contributed by atoms with Crippen LogP contribution in [-0.4, -0.2) is 61.4 Å². The molecule has 1 aliphatic rings. The molecule has 0 radical (unpaired) electrons. The standard InChI is InChI=1S/C21H23F2N5O2/c1-14(12-29)25-17-5-3-15(19(22)20(17)24-2)11-27-7-9-28(10-8-27)18-6-4-16(13-30)26-21(18)23/h3-6,12-13,24H,7-11H2,1-2H3. The van der Waals surface area contributed by atoms with Crippen molar-refractivity contribution in [3.63, 3.8) is 0 Å². The lowest BCUT2D eigenvalue weighted by atomic mass is 10.1. The zero-order valence-corrected chi connectivity index (χ0v) is 16.9. The van der Waals surface area contributed by atoms with Gasteiger partial charge in [0, 0.05) is 45.3 Å². The topological polar surface area (TPSA) is 77.9 Å². The van der Waals surface area contributed by atoms with Crippen LogP contribution in [0.15, 0.2) is 29.3 Å². The number of hydrogen-bond acceptors (Lipinski definition) is 7. The Bertz CT molecular complexity index is 972. The summed E-state index contributed by atoms with van der Waals surface area (Å²) in [4.78, 5) is 33.2. The number of nitrogens with one attached hydrogen (secondary N) is 1. The minimum atomic E-state index is -0.667. The highest BCUT2D eigenvalue weighted by molar-refractivity contribution is 6.27. The molecule has 2 heterocycles. The molecule has 3 rings (SSSR count). The fourth-order valence-electron chi connectivity index (χ4n) is 3.41. The summed E-state index contributed by atoms with van der Waals surface area (Å²) in [5, 5.41) is 2.82. The molecule has 1 N–H and O–H groups in total. The van der Waals surface area contributed by atoms with E-state index in [0.717, 1.165) is 0 Å². The van der Waals surface area contributed by atoms with Gasteiger partial charge in [-0.2, -0.15) is 4.39 Å². The number of piperazine rings is 1. The van der Waals surface area contributed by atoms with Crippen LogP contribution in [0.25, 0.3) is 0 Å². The van der Waals surface area contributed by atoms with E-state index in [9.17, 15) is 18.4 Å². The number of aldehydes is 2. The predicted molar refractivity (Wildman–Crippen MR) is 112 cm³/mol. The molecule has 0 unspecified atom stereocenters. The van der Waals surface area contributed by atoms with Gasteiger partial charge in [0.2, 0.25) is 5.95 Å². The van der Waals surface area contributed by atoms with Crippen LogP contribution in [0.3, 0.4) is 0 Å². The van der Waals surface area contributed by atoms with Crippen LogP contribution in [0.4, 0.5) is 25.8 Å². The van der Waals surface area contributed by atoms with E-state index in [1.54, 1.807) is 32.2 Å². The van der Waals surface area contributed by atoms with Crippen molar-refractivity contribution in [3.8, 4) is 0 Å². The van der Waals surface area contributed by atoms with Crippen molar-refractivity contribution in [2.75, 3.05) is 43.4 Å². The maximum atomic E-state index is 15.0. The van der Waals surface area contributed by atoms with Crippen molar-refractivity contribution in [2.45, 2.75) is 13.5 Å². The number of halogens is 2. The molecular formula is C21H23F2N5O2. The molecule has 9 heteroatoms. The summed E-state index contributed by atoms with van der Waals surface area (Å²) in [6.45, 7) is 4.31. The summed E-state index contributed by atoms with van der Waals surface area (Å²) < 4.78 is 29.1. The Balaban J connectivity index is 1.69. The average molecular weight is 415 g/mol. The van der Waals surface area contributed by atoms with Gasteiger partial charge in [-0.25, -0.2) is 14.4 Å². The number of nitrogens with zero attached hydrogens (tertiary/aromatic N) is 4. The first-order valence-corrected chi connectivity index (χ1v) is 9.55. The highest BCUT2D eigenvalue weighted by Crippen LogP contribution is 2.31. The van der Waals surface area contributed by atoms with Gasteiger partial charge in [0.1, 0.15) is 5.69 Å². The summed E-state index contributed by atoms with van der Waals surface area (Å²) in [7, 11) is 1.61. The lowest BCUT2D eigenvalue weighted by molar-refractivity contribution is -0.102.